The Morgan fingerprint density at radius 2 is 1.90 bits per heavy atom. The van der Waals surface area contributed by atoms with Crippen molar-refractivity contribution in [2.24, 2.45) is 5.41 Å². The van der Waals surface area contributed by atoms with Crippen LogP contribution in [0.25, 0.3) is 0 Å². The molecule has 0 aromatic heterocycles. The Labute approximate surface area is 121 Å². The maximum absolute atomic E-state index is 10.6. The standard InChI is InChI=1S/C17H25NO2/c1-17(2,9-8-16(19)20)10-11-18-12-15(13-18)14-6-4-3-5-7-14/h3-7,15H,8-13H2,1-2H3,(H,19,20). The molecule has 1 heterocycles. The third kappa shape index (κ3) is 4.34. The summed E-state index contributed by atoms with van der Waals surface area (Å²) in [7, 11) is 0. The first-order valence-electron chi connectivity index (χ1n) is 7.45. The van der Waals surface area contributed by atoms with E-state index in [9.17, 15) is 4.79 Å². The zero-order chi connectivity index (χ0) is 14.6. The summed E-state index contributed by atoms with van der Waals surface area (Å²) in [5.74, 6) is -0.00972. The molecule has 0 atom stereocenters. The highest BCUT2D eigenvalue weighted by atomic mass is 16.4. The van der Waals surface area contributed by atoms with E-state index < -0.39 is 5.97 Å². The first-order valence-corrected chi connectivity index (χ1v) is 7.45. The molecule has 1 aromatic carbocycles. The topological polar surface area (TPSA) is 40.5 Å². The zero-order valence-electron chi connectivity index (χ0n) is 12.5. The average Bonchev–Trinajstić information content (AvgIpc) is 2.36. The molecular weight excluding hydrogens is 250 g/mol. The lowest BCUT2D eigenvalue weighted by atomic mass is 9.83. The first kappa shape index (κ1) is 15.0. The minimum Gasteiger partial charge on any atom is -0.481 e. The molecule has 2 rings (SSSR count). The van der Waals surface area contributed by atoms with E-state index in [0.717, 1.165) is 32.5 Å². The highest BCUT2D eigenvalue weighted by Crippen LogP contribution is 2.31. The van der Waals surface area contributed by atoms with Crippen LogP contribution >= 0.6 is 0 Å². The highest BCUT2D eigenvalue weighted by Gasteiger charge is 2.29. The molecule has 3 nitrogen and oxygen atoms in total. The van der Waals surface area contributed by atoms with Crippen molar-refractivity contribution in [3.63, 3.8) is 0 Å². The lowest BCUT2D eigenvalue weighted by molar-refractivity contribution is -0.137. The predicted octanol–water partition coefficient (Wildman–Crippen LogP) is 3.37. The number of likely N-dealkylation sites (tertiary alicyclic amines) is 1. The lowest BCUT2D eigenvalue weighted by Crippen LogP contribution is -2.46. The molecule has 0 spiro atoms. The number of rotatable bonds is 7. The third-order valence-electron chi connectivity index (χ3n) is 4.35. The number of benzene rings is 1. The van der Waals surface area contributed by atoms with Crippen molar-refractivity contribution in [2.75, 3.05) is 19.6 Å². The quantitative estimate of drug-likeness (QED) is 0.829. The maximum atomic E-state index is 10.6. The van der Waals surface area contributed by atoms with Crippen LogP contribution in [0, 0.1) is 5.41 Å². The molecule has 20 heavy (non-hydrogen) atoms. The van der Waals surface area contributed by atoms with Gasteiger partial charge in [0.2, 0.25) is 0 Å². The zero-order valence-corrected chi connectivity index (χ0v) is 12.5. The second-order valence-electron chi connectivity index (χ2n) is 6.68. The Hall–Kier alpha value is -1.35. The van der Waals surface area contributed by atoms with Gasteiger partial charge in [0.25, 0.3) is 0 Å². The van der Waals surface area contributed by atoms with Crippen LogP contribution in [0.1, 0.15) is 44.6 Å². The predicted molar refractivity (Wildman–Crippen MR) is 80.9 cm³/mol. The minimum absolute atomic E-state index is 0.121. The summed E-state index contributed by atoms with van der Waals surface area (Å²) < 4.78 is 0. The fourth-order valence-electron chi connectivity index (χ4n) is 2.72. The van der Waals surface area contributed by atoms with Crippen molar-refractivity contribution in [1.82, 2.24) is 4.90 Å². The lowest BCUT2D eigenvalue weighted by Gasteiger charge is -2.41. The molecular formula is C17H25NO2. The van der Waals surface area contributed by atoms with E-state index in [2.05, 4.69) is 49.1 Å². The van der Waals surface area contributed by atoms with Crippen LogP contribution in [-0.2, 0) is 4.79 Å². The van der Waals surface area contributed by atoms with Crippen molar-refractivity contribution in [1.29, 1.82) is 0 Å². The summed E-state index contributed by atoms with van der Waals surface area (Å²) in [5, 5.41) is 8.76. The summed E-state index contributed by atoms with van der Waals surface area (Å²) in [6.45, 7) is 7.70. The maximum Gasteiger partial charge on any atom is 0.303 e. The van der Waals surface area contributed by atoms with Gasteiger partial charge in [0, 0.05) is 25.4 Å². The number of hydrogen-bond donors (Lipinski definition) is 1. The third-order valence-corrected chi connectivity index (χ3v) is 4.35. The molecule has 3 heteroatoms. The van der Waals surface area contributed by atoms with Gasteiger partial charge in [-0.3, -0.25) is 4.79 Å². The van der Waals surface area contributed by atoms with Gasteiger partial charge in [-0.05, 0) is 30.4 Å². The summed E-state index contributed by atoms with van der Waals surface area (Å²) in [6.07, 6.45) is 2.11. The summed E-state index contributed by atoms with van der Waals surface area (Å²) in [4.78, 5) is 13.1. The van der Waals surface area contributed by atoms with E-state index in [-0.39, 0.29) is 11.8 Å². The molecule has 1 aliphatic rings. The summed E-state index contributed by atoms with van der Waals surface area (Å²) in [6, 6.07) is 10.7. The highest BCUT2D eigenvalue weighted by molar-refractivity contribution is 5.66. The normalized spacial score (nSPS) is 16.9. The van der Waals surface area contributed by atoms with Gasteiger partial charge in [-0.2, -0.15) is 0 Å². The van der Waals surface area contributed by atoms with Crippen LogP contribution in [0.5, 0.6) is 0 Å². The second kappa shape index (κ2) is 6.40. The number of carboxylic acids is 1. The molecule has 0 amide bonds. The van der Waals surface area contributed by atoms with Crippen LogP contribution in [-0.4, -0.2) is 35.6 Å². The monoisotopic (exact) mass is 275 g/mol. The molecule has 1 saturated heterocycles. The largest absolute Gasteiger partial charge is 0.481 e. The van der Waals surface area contributed by atoms with E-state index in [1.54, 1.807) is 0 Å². The van der Waals surface area contributed by atoms with E-state index in [4.69, 9.17) is 5.11 Å². The van der Waals surface area contributed by atoms with Gasteiger partial charge in [0.1, 0.15) is 0 Å². The van der Waals surface area contributed by atoms with E-state index in [1.807, 2.05) is 0 Å². The van der Waals surface area contributed by atoms with Crippen molar-refractivity contribution in [2.45, 2.75) is 39.0 Å². The van der Waals surface area contributed by atoms with Crippen LogP contribution < -0.4 is 0 Å². The number of nitrogens with zero attached hydrogens (tertiary/aromatic N) is 1. The molecule has 0 radical (unpaired) electrons. The van der Waals surface area contributed by atoms with E-state index >= 15 is 0 Å². The summed E-state index contributed by atoms with van der Waals surface area (Å²) in [5.41, 5.74) is 1.56. The van der Waals surface area contributed by atoms with Crippen molar-refractivity contribution >= 4 is 5.97 Å². The number of carbonyl (C=O) groups is 1. The Balaban J connectivity index is 1.68. The number of aliphatic carboxylic acids is 1. The molecule has 1 aliphatic heterocycles. The molecule has 110 valence electrons. The average molecular weight is 275 g/mol. The van der Waals surface area contributed by atoms with Gasteiger partial charge in [-0.15, -0.1) is 0 Å². The Morgan fingerprint density at radius 3 is 2.50 bits per heavy atom. The second-order valence-corrected chi connectivity index (χ2v) is 6.68. The van der Waals surface area contributed by atoms with Crippen molar-refractivity contribution in [3.8, 4) is 0 Å². The molecule has 1 fully saturated rings. The number of hydrogen-bond acceptors (Lipinski definition) is 2. The molecule has 0 bridgehead atoms. The first-order chi connectivity index (χ1) is 9.46. The number of carboxylic acid groups (broad SMARTS) is 1. The fourth-order valence-corrected chi connectivity index (χ4v) is 2.72. The molecule has 0 aliphatic carbocycles. The van der Waals surface area contributed by atoms with E-state index in [0.29, 0.717) is 5.92 Å². The fraction of sp³-hybridized carbons (Fsp3) is 0.588. The van der Waals surface area contributed by atoms with Gasteiger partial charge < -0.3 is 10.0 Å². The molecule has 0 unspecified atom stereocenters. The van der Waals surface area contributed by atoms with Gasteiger partial charge >= 0.3 is 5.97 Å². The minimum atomic E-state index is -0.689. The van der Waals surface area contributed by atoms with Crippen molar-refractivity contribution in [3.05, 3.63) is 35.9 Å². The molecule has 0 saturated carbocycles. The Kier molecular flexibility index (Phi) is 4.81. The SMILES string of the molecule is CC(C)(CCC(=O)O)CCN1CC(c2ccccc2)C1. The van der Waals surface area contributed by atoms with Crippen LogP contribution in [0.2, 0.25) is 0 Å². The van der Waals surface area contributed by atoms with Crippen LogP contribution in [0.3, 0.4) is 0 Å². The van der Waals surface area contributed by atoms with Gasteiger partial charge in [0.15, 0.2) is 0 Å². The smallest absolute Gasteiger partial charge is 0.303 e. The molecule has 1 N–H and O–H groups in total. The van der Waals surface area contributed by atoms with Crippen LogP contribution in [0.15, 0.2) is 30.3 Å². The Morgan fingerprint density at radius 1 is 1.25 bits per heavy atom. The van der Waals surface area contributed by atoms with Gasteiger partial charge in [-0.25, -0.2) is 0 Å². The van der Waals surface area contributed by atoms with Gasteiger partial charge in [0.05, 0.1) is 0 Å². The molecule has 1 aromatic rings. The van der Waals surface area contributed by atoms with E-state index in [1.165, 1.54) is 5.56 Å². The van der Waals surface area contributed by atoms with Crippen LogP contribution in [0.4, 0.5) is 0 Å². The Bertz CT molecular complexity index is 436. The summed E-state index contributed by atoms with van der Waals surface area (Å²) >= 11 is 0. The van der Waals surface area contributed by atoms with Gasteiger partial charge in [-0.1, -0.05) is 44.2 Å². The van der Waals surface area contributed by atoms with Crippen molar-refractivity contribution < 1.29 is 9.90 Å².